The molecule has 0 bridgehead atoms. The van der Waals surface area contributed by atoms with Crippen molar-refractivity contribution >= 4 is 27.6 Å². The number of nitrogen functional groups attached to an aromatic ring is 1. The second-order valence-corrected chi connectivity index (χ2v) is 5.01. The molecule has 0 aliphatic rings. The van der Waals surface area contributed by atoms with E-state index in [1.807, 2.05) is 24.7 Å². The van der Waals surface area contributed by atoms with Gasteiger partial charge in [0, 0.05) is 12.4 Å². The molecule has 0 radical (unpaired) electrons. The van der Waals surface area contributed by atoms with Crippen LogP contribution in [-0.2, 0) is 13.5 Å². The van der Waals surface area contributed by atoms with Crippen LogP contribution in [0.2, 0.25) is 0 Å². The molecule has 96 valence electrons. The number of aryl methyl sites for hydroxylation is 1. The zero-order valence-electron chi connectivity index (χ0n) is 11.1. The maximum Gasteiger partial charge on any atom is 0.135 e. The van der Waals surface area contributed by atoms with Crippen molar-refractivity contribution in [2.75, 3.05) is 5.73 Å². The lowest BCUT2D eigenvalue weighted by molar-refractivity contribution is 0.799. The van der Waals surface area contributed by atoms with E-state index in [-0.39, 0.29) is 0 Å². The third-order valence-corrected chi connectivity index (χ3v) is 3.28. The van der Waals surface area contributed by atoms with Crippen LogP contribution in [0.15, 0.2) is 36.5 Å². The van der Waals surface area contributed by atoms with E-state index in [1.165, 1.54) is 5.56 Å². The molecule has 0 aliphatic carbocycles. The van der Waals surface area contributed by atoms with Crippen LogP contribution < -0.4 is 5.73 Å². The first-order chi connectivity index (χ1) is 9.06. The number of fused-ring (bicyclic) bond motifs is 3. The number of hydrogen-bond donors (Lipinski definition) is 1. The van der Waals surface area contributed by atoms with Crippen LogP contribution in [0.4, 0.5) is 5.82 Å². The van der Waals surface area contributed by atoms with Crippen molar-refractivity contribution < 1.29 is 0 Å². The smallest absolute Gasteiger partial charge is 0.135 e. The summed E-state index contributed by atoms with van der Waals surface area (Å²) < 4.78 is 1.85. The highest BCUT2D eigenvalue weighted by Crippen LogP contribution is 2.28. The topological polar surface area (TPSA) is 56.7 Å². The highest BCUT2D eigenvalue weighted by Gasteiger charge is 2.10. The number of benzene rings is 1. The molecule has 19 heavy (non-hydrogen) atoms. The van der Waals surface area contributed by atoms with E-state index in [9.17, 15) is 0 Å². The molecule has 2 heterocycles. The van der Waals surface area contributed by atoms with Crippen molar-refractivity contribution in [3.63, 3.8) is 0 Å². The van der Waals surface area contributed by atoms with Crippen molar-refractivity contribution in [3.05, 3.63) is 42.1 Å². The van der Waals surface area contributed by atoms with Crippen molar-refractivity contribution in [1.82, 2.24) is 14.8 Å². The van der Waals surface area contributed by atoms with Crippen molar-refractivity contribution in [1.29, 1.82) is 0 Å². The van der Waals surface area contributed by atoms with Gasteiger partial charge in [0.05, 0.1) is 22.6 Å². The summed E-state index contributed by atoms with van der Waals surface area (Å²) in [5, 5.41) is 6.27. The van der Waals surface area contributed by atoms with E-state index in [4.69, 9.17) is 5.73 Å². The van der Waals surface area contributed by atoms with E-state index >= 15 is 0 Å². The Morgan fingerprint density at radius 3 is 2.89 bits per heavy atom. The molecule has 0 spiro atoms. The molecular weight excluding hydrogens is 236 g/mol. The second-order valence-electron chi connectivity index (χ2n) is 5.01. The zero-order chi connectivity index (χ0) is 13.6. The maximum atomic E-state index is 5.98. The van der Waals surface area contributed by atoms with Gasteiger partial charge in [0.2, 0.25) is 0 Å². The lowest BCUT2D eigenvalue weighted by Crippen LogP contribution is -1.96. The van der Waals surface area contributed by atoms with Crippen LogP contribution in [0.3, 0.4) is 0 Å². The summed E-state index contributed by atoms with van der Waals surface area (Å²) in [6.45, 7) is 5.99. The Bertz CT molecular complexity index is 799. The first-order valence-corrected chi connectivity index (χ1v) is 6.20. The Morgan fingerprint density at radius 1 is 1.37 bits per heavy atom. The third-order valence-electron chi connectivity index (χ3n) is 3.28. The van der Waals surface area contributed by atoms with Gasteiger partial charge in [-0.1, -0.05) is 18.2 Å². The predicted molar refractivity (Wildman–Crippen MR) is 78.9 cm³/mol. The first kappa shape index (κ1) is 11.7. The molecule has 4 nitrogen and oxygen atoms in total. The molecular formula is C15H16N4. The standard InChI is InChI=1S/C15H16N4/c1-9(2)6-10-4-5-13-11(7-10)14-12(15(16)18-13)8-17-19(14)3/h4-5,7-8H,1,6H2,2-3H3,(H2,16,18). The van der Waals surface area contributed by atoms with Crippen LogP contribution in [0.1, 0.15) is 12.5 Å². The summed E-state index contributed by atoms with van der Waals surface area (Å²) in [7, 11) is 1.92. The van der Waals surface area contributed by atoms with Gasteiger partial charge >= 0.3 is 0 Å². The summed E-state index contributed by atoms with van der Waals surface area (Å²) in [6.07, 6.45) is 2.64. The van der Waals surface area contributed by atoms with Gasteiger partial charge in [-0.2, -0.15) is 5.10 Å². The predicted octanol–water partition coefficient (Wildman–Crippen LogP) is 2.82. The fourth-order valence-corrected chi connectivity index (χ4v) is 2.46. The van der Waals surface area contributed by atoms with Gasteiger partial charge in [0.15, 0.2) is 0 Å². The van der Waals surface area contributed by atoms with Gasteiger partial charge in [0.1, 0.15) is 5.82 Å². The molecule has 0 saturated heterocycles. The van der Waals surface area contributed by atoms with Gasteiger partial charge in [-0.25, -0.2) is 4.98 Å². The summed E-state index contributed by atoms with van der Waals surface area (Å²) in [4.78, 5) is 4.44. The molecule has 3 aromatic rings. The number of nitrogens with zero attached hydrogens (tertiary/aromatic N) is 3. The molecule has 0 saturated carbocycles. The summed E-state index contributed by atoms with van der Waals surface area (Å²) in [5.74, 6) is 0.531. The lowest BCUT2D eigenvalue weighted by atomic mass is 10.0. The number of pyridine rings is 1. The number of rotatable bonds is 2. The fraction of sp³-hybridized carbons (Fsp3) is 0.200. The normalized spacial score (nSPS) is 11.3. The molecule has 3 rings (SSSR count). The van der Waals surface area contributed by atoms with Crippen LogP contribution in [0.5, 0.6) is 0 Å². The number of anilines is 1. The van der Waals surface area contributed by atoms with Crippen LogP contribution >= 0.6 is 0 Å². The summed E-state index contributed by atoms with van der Waals surface area (Å²) in [5.41, 5.74) is 10.3. The monoisotopic (exact) mass is 252 g/mol. The summed E-state index contributed by atoms with van der Waals surface area (Å²) >= 11 is 0. The quantitative estimate of drug-likeness (QED) is 0.713. The largest absolute Gasteiger partial charge is 0.383 e. The van der Waals surface area contributed by atoms with Gasteiger partial charge < -0.3 is 5.73 Å². The minimum atomic E-state index is 0.531. The molecule has 0 unspecified atom stereocenters. The van der Waals surface area contributed by atoms with Crippen molar-refractivity contribution in [2.24, 2.45) is 7.05 Å². The first-order valence-electron chi connectivity index (χ1n) is 6.20. The van der Waals surface area contributed by atoms with Gasteiger partial charge in [0.25, 0.3) is 0 Å². The average Bonchev–Trinajstić information content (AvgIpc) is 2.73. The van der Waals surface area contributed by atoms with E-state index in [0.29, 0.717) is 5.82 Å². The lowest BCUT2D eigenvalue weighted by Gasteiger charge is -2.07. The Kier molecular flexibility index (Phi) is 2.52. The number of aromatic nitrogens is 3. The van der Waals surface area contributed by atoms with Crippen LogP contribution in [0.25, 0.3) is 21.8 Å². The highest BCUT2D eigenvalue weighted by atomic mass is 15.3. The molecule has 2 N–H and O–H groups in total. The van der Waals surface area contributed by atoms with E-state index < -0.39 is 0 Å². The third kappa shape index (κ3) is 1.85. The van der Waals surface area contributed by atoms with Gasteiger partial charge in [-0.3, -0.25) is 4.68 Å². The minimum Gasteiger partial charge on any atom is -0.383 e. The minimum absolute atomic E-state index is 0.531. The molecule has 0 amide bonds. The molecule has 0 atom stereocenters. The number of nitrogens with two attached hydrogens (primary N) is 1. The van der Waals surface area contributed by atoms with E-state index in [2.05, 4.69) is 28.8 Å². The molecule has 0 fully saturated rings. The fourth-order valence-electron chi connectivity index (χ4n) is 2.46. The maximum absolute atomic E-state index is 5.98. The Morgan fingerprint density at radius 2 is 2.16 bits per heavy atom. The number of hydrogen-bond acceptors (Lipinski definition) is 3. The molecule has 0 aliphatic heterocycles. The Balaban J connectivity index is 2.36. The van der Waals surface area contributed by atoms with E-state index in [1.54, 1.807) is 6.20 Å². The number of allylic oxidation sites excluding steroid dienone is 1. The van der Waals surface area contributed by atoms with Crippen molar-refractivity contribution in [2.45, 2.75) is 13.3 Å². The molecule has 2 aromatic heterocycles. The van der Waals surface area contributed by atoms with Crippen LogP contribution in [0, 0.1) is 0 Å². The average molecular weight is 252 g/mol. The second kappa shape index (κ2) is 4.09. The Labute approximate surface area is 111 Å². The van der Waals surface area contributed by atoms with Gasteiger partial charge in [-0.15, -0.1) is 0 Å². The van der Waals surface area contributed by atoms with Gasteiger partial charge in [-0.05, 0) is 31.0 Å². The molecule has 1 aromatic carbocycles. The van der Waals surface area contributed by atoms with Crippen LogP contribution in [-0.4, -0.2) is 14.8 Å². The summed E-state index contributed by atoms with van der Waals surface area (Å²) in [6, 6.07) is 6.24. The Hall–Kier alpha value is -2.36. The SMILES string of the molecule is C=C(C)Cc1ccc2nc(N)c3cnn(C)c3c2c1. The molecule has 4 heteroatoms. The van der Waals surface area contributed by atoms with E-state index in [0.717, 1.165) is 33.8 Å². The zero-order valence-corrected chi connectivity index (χ0v) is 11.1. The van der Waals surface area contributed by atoms with Crippen molar-refractivity contribution in [3.8, 4) is 0 Å². The highest BCUT2D eigenvalue weighted by molar-refractivity contribution is 6.07.